The largest absolute Gasteiger partial charge is 0.325 e. The summed E-state index contributed by atoms with van der Waals surface area (Å²) in [5, 5.41) is 3.62. The van der Waals surface area contributed by atoms with Gasteiger partial charge in [0.05, 0.1) is 17.4 Å². The van der Waals surface area contributed by atoms with Gasteiger partial charge in [0.25, 0.3) is 0 Å². The third-order valence-corrected chi connectivity index (χ3v) is 8.42. The smallest absolute Gasteiger partial charge is 0.228 e. The third-order valence-electron chi connectivity index (χ3n) is 4.98. The van der Waals surface area contributed by atoms with Gasteiger partial charge in [0, 0.05) is 33.6 Å². The SMILES string of the molecule is CCSc1ccccc1NC(=O)[C@H]1CCCN(S(=O)(=O)Cc2c(Cl)cccc2Cl)C1. The predicted octanol–water partition coefficient (Wildman–Crippen LogP) is 5.29. The van der Waals surface area contributed by atoms with Crippen LogP contribution in [0.4, 0.5) is 5.69 Å². The van der Waals surface area contributed by atoms with Crippen LogP contribution in [0.2, 0.25) is 10.0 Å². The van der Waals surface area contributed by atoms with Crippen LogP contribution in [0.1, 0.15) is 25.3 Å². The number of rotatable bonds is 7. The molecule has 1 amide bonds. The van der Waals surface area contributed by atoms with Crippen LogP contribution in [0.25, 0.3) is 0 Å². The topological polar surface area (TPSA) is 66.5 Å². The Morgan fingerprint density at radius 1 is 1.17 bits per heavy atom. The zero-order valence-corrected chi connectivity index (χ0v) is 19.8. The summed E-state index contributed by atoms with van der Waals surface area (Å²) in [7, 11) is -3.66. The van der Waals surface area contributed by atoms with E-state index in [1.165, 1.54) is 4.31 Å². The molecule has 1 aliphatic rings. The molecule has 1 N–H and O–H groups in total. The Hall–Kier alpha value is -1.25. The van der Waals surface area contributed by atoms with Crippen molar-refractivity contribution in [2.24, 2.45) is 5.92 Å². The van der Waals surface area contributed by atoms with Gasteiger partial charge in [-0.2, -0.15) is 0 Å². The monoisotopic (exact) mass is 486 g/mol. The predicted molar refractivity (Wildman–Crippen MR) is 125 cm³/mol. The summed E-state index contributed by atoms with van der Waals surface area (Å²) in [5.74, 6) is 0.0488. The van der Waals surface area contributed by atoms with Gasteiger partial charge in [0.15, 0.2) is 0 Å². The highest BCUT2D eigenvalue weighted by atomic mass is 35.5. The number of thioether (sulfide) groups is 1. The Morgan fingerprint density at radius 3 is 2.57 bits per heavy atom. The molecular formula is C21H24Cl2N2O3S2. The number of carbonyl (C=O) groups excluding carboxylic acids is 1. The number of sulfonamides is 1. The van der Waals surface area contributed by atoms with E-state index in [0.29, 0.717) is 35.0 Å². The summed E-state index contributed by atoms with van der Waals surface area (Å²) in [6.45, 7) is 2.59. The molecule has 0 bridgehead atoms. The standard InChI is InChI=1S/C21H24Cl2N2O3S2/c1-2-29-20-11-4-3-10-19(20)24-21(26)15-7-6-12-25(13-15)30(27,28)14-16-17(22)8-5-9-18(16)23/h3-5,8-11,15H,2,6-7,12-14H2,1H3,(H,24,26)/t15-/m0/s1. The molecule has 0 saturated carbocycles. The summed E-state index contributed by atoms with van der Waals surface area (Å²) in [6, 6.07) is 12.6. The van der Waals surface area contributed by atoms with Crippen LogP contribution >= 0.6 is 35.0 Å². The highest BCUT2D eigenvalue weighted by molar-refractivity contribution is 7.99. The van der Waals surface area contributed by atoms with Gasteiger partial charge < -0.3 is 5.32 Å². The van der Waals surface area contributed by atoms with Crippen LogP contribution in [-0.4, -0.2) is 37.5 Å². The van der Waals surface area contributed by atoms with Gasteiger partial charge in [-0.25, -0.2) is 12.7 Å². The highest BCUT2D eigenvalue weighted by Crippen LogP contribution is 2.30. The van der Waals surface area contributed by atoms with Crippen molar-refractivity contribution < 1.29 is 13.2 Å². The van der Waals surface area contributed by atoms with Crippen molar-refractivity contribution in [1.82, 2.24) is 4.31 Å². The van der Waals surface area contributed by atoms with E-state index in [1.807, 2.05) is 24.3 Å². The van der Waals surface area contributed by atoms with E-state index in [2.05, 4.69) is 12.2 Å². The number of para-hydroxylation sites is 1. The molecule has 0 spiro atoms. The second-order valence-corrected chi connectivity index (χ2v) is 11.2. The van der Waals surface area contributed by atoms with Gasteiger partial charge in [-0.15, -0.1) is 11.8 Å². The second kappa shape index (κ2) is 10.4. The molecule has 1 aliphatic heterocycles. The number of amides is 1. The van der Waals surface area contributed by atoms with Crippen LogP contribution in [0.5, 0.6) is 0 Å². The molecule has 1 atom stereocenters. The van der Waals surface area contributed by atoms with Crippen molar-refractivity contribution in [3.8, 4) is 0 Å². The van der Waals surface area contributed by atoms with E-state index in [9.17, 15) is 13.2 Å². The molecular weight excluding hydrogens is 463 g/mol. The number of hydrogen-bond acceptors (Lipinski definition) is 4. The van der Waals surface area contributed by atoms with E-state index >= 15 is 0 Å². The molecule has 30 heavy (non-hydrogen) atoms. The summed E-state index contributed by atoms with van der Waals surface area (Å²) in [4.78, 5) is 13.9. The Labute approximate surface area is 192 Å². The van der Waals surface area contributed by atoms with Gasteiger partial charge >= 0.3 is 0 Å². The Bertz CT molecular complexity index is 995. The molecule has 2 aromatic rings. The number of carbonyl (C=O) groups is 1. The molecule has 1 heterocycles. The van der Waals surface area contributed by atoms with Crippen molar-refractivity contribution in [1.29, 1.82) is 0 Å². The van der Waals surface area contributed by atoms with E-state index < -0.39 is 15.9 Å². The van der Waals surface area contributed by atoms with Crippen molar-refractivity contribution in [3.05, 3.63) is 58.1 Å². The van der Waals surface area contributed by atoms with E-state index in [4.69, 9.17) is 23.2 Å². The minimum absolute atomic E-state index is 0.152. The highest BCUT2D eigenvalue weighted by Gasteiger charge is 2.33. The fourth-order valence-electron chi connectivity index (χ4n) is 3.44. The first-order valence-corrected chi connectivity index (χ1v) is 13.1. The lowest BCUT2D eigenvalue weighted by molar-refractivity contribution is -0.120. The summed E-state index contributed by atoms with van der Waals surface area (Å²) < 4.78 is 27.4. The zero-order chi connectivity index (χ0) is 21.7. The number of hydrogen-bond donors (Lipinski definition) is 1. The van der Waals surface area contributed by atoms with Gasteiger partial charge in [-0.3, -0.25) is 4.79 Å². The lowest BCUT2D eigenvalue weighted by Gasteiger charge is -2.31. The minimum atomic E-state index is -3.66. The van der Waals surface area contributed by atoms with E-state index in [-0.39, 0.29) is 18.2 Å². The molecule has 0 aromatic heterocycles. The number of nitrogens with one attached hydrogen (secondary N) is 1. The average molecular weight is 487 g/mol. The maximum absolute atomic E-state index is 13.0. The first kappa shape index (κ1) is 23.4. The molecule has 5 nitrogen and oxygen atoms in total. The first-order chi connectivity index (χ1) is 14.3. The van der Waals surface area contributed by atoms with Gasteiger partial charge in [-0.1, -0.05) is 48.3 Å². The van der Waals surface area contributed by atoms with Crippen molar-refractivity contribution >= 4 is 56.6 Å². The van der Waals surface area contributed by atoms with Crippen LogP contribution in [0, 0.1) is 5.92 Å². The summed E-state index contributed by atoms with van der Waals surface area (Å²) >= 11 is 14.0. The molecule has 3 rings (SSSR count). The molecule has 162 valence electrons. The van der Waals surface area contributed by atoms with Crippen molar-refractivity contribution in [2.45, 2.75) is 30.4 Å². The van der Waals surface area contributed by atoms with Gasteiger partial charge in [0.1, 0.15) is 0 Å². The van der Waals surface area contributed by atoms with Gasteiger partial charge in [0.2, 0.25) is 15.9 Å². The molecule has 0 radical (unpaired) electrons. The lowest BCUT2D eigenvalue weighted by atomic mass is 9.99. The Kier molecular flexibility index (Phi) is 8.10. The average Bonchev–Trinajstić information content (AvgIpc) is 2.72. The quantitative estimate of drug-likeness (QED) is 0.540. The number of nitrogens with zero attached hydrogens (tertiary/aromatic N) is 1. The molecule has 1 saturated heterocycles. The fraction of sp³-hybridized carbons (Fsp3) is 0.381. The van der Waals surface area contributed by atoms with Crippen molar-refractivity contribution in [3.63, 3.8) is 0 Å². The normalized spacial score (nSPS) is 17.6. The summed E-state index contributed by atoms with van der Waals surface area (Å²) in [5.41, 5.74) is 1.15. The van der Waals surface area contributed by atoms with E-state index in [0.717, 1.165) is 16.3 Å². The van der Waals surface area contributed by atoms with E-state index in [1.54, 1.807) is 30.0 Å². The number of halogens is 2. The second-order valence-electron chi connectivity index (χ2n) is 7.07. The van der Waals surface area contributed by atoms with Gasteiger partial charge in [-0.05, 0) is 42.9 Å². The Morgan fingerprint density at radius 2 is 1.87 bits per heavy atom. The molecule has 2 aromatic carbocycles. The molecule has 0 unspecified atom stereocenters. The van der Waals surface area contributed by atoms with Crippen LogP contribution in [0.15, 0.2) is 47.4 Å². The number of benzene rings is 2. The lowest BCUT2D eigenvalue weighted by Crippen LogP contribution is -2.44. The fourth-order valence-corrected chi connectivity index (χ4v) is 6.56. The van der Waals surface area contributed by atoms with Crippen molar-refractivity contribution in [2.75, 3.05) is 24.2 Å². The first-order valence-electron chi connectivity index (χ1n) is 9.75. The van der Waals surface area contributed by atoms with Crippen LogP contribution < -0.4 is 5.32 Å². The number of piperidine rings is 1. The molecule has 9 heteroatoms. The molecule has 1 fully saturated rings. The Balaban J connectivity index is 1.71. The minimum Gasteiger partial charge on any atom is -0.325 e. The maximum Gasteiger partial charge on any atom is 0.228 e. The van der Waals surface area contributed by atoms with Crippen LogP contribution in [0.3, 0.4) is 0 Å². The van der Waals surface area contributed by atoms with Crippen LogP contribution in [-0.2, 0) is 20.6 Å². The third kappa shape index (κ3) is 5.71. The molecule has 0 aliphatic carbocycles. The maximum atomic E-state index is 13.0. The number of anilines is 1. The zero-order valence-electron chi connectivity index (χ0n) is 16.6. The summed E-state index contributed by atoms with van der Waals surface area (Å²) in [6.07, 6.45) is 1.27.